The summed E-state index contributed by atoms with van der Waals surface area (Å²) in [6.07, 6.45) is 1.74. The summed E-state index contributed by atoms with van der Waals surface area (Å²) in [7, 11) is 1.94. The lowest BCUT2D eigenvalue weighted by molar-refractivity contribution is 0.784. The second-order valence-corrected chi connectivity index (χ2v) is 5.22. The molecular weight excluding hydrogens is 304 g/mol. The molecule has 0 saturated carbocycles. The molecule has 0 aliphatic carbocycles. The van der Waals surface area contributed by atoms with Gasteiger partial charge in [0.05, 0.1) is 5.69 Å². The normalized spacial score (nSPS) is 10.9. The molecular formula is C14H19BrN4. The van der Waals surface area contributed by atoms with Gasteiger partial charge < -0.3 is 5.32 Å². The first-order valence-corrected chi connectivity index (χ1v) is 7.37. The minimum atomic E-state index is 0.846. The van der Waals surface area contributed by atoms with Crippen LogP contribution in [0.1, 0.15) is 31.1 Å². The topological polar surface area (TPSA) is 42.7 Å². The molecule has 0 bridgehead atoms. The van der Waals surface area contributed by atoms with Crippen LogP contribution in [0.15, 0.2) is 22.7 Å². The van der Waals surface area contributed by atoms with Gasteiger partial charge in [-0.15, -0.1) is 0 Å². The molecule has 2 rings (SSSR count). The Morgan fingerprint density at radius 1 is 1.26 bits per heavy atom. The van der Waals surface area contributed by atoms with Gasteiger partial charge in [0, 0.05) is 23.9 Å². The molecule has 1 heterocycles. The predicted octanol–water partition coefficient (Wildman–Crippen LogP) is 2.87. The maximum atomic E-state index is 4.56. The molecule has 0 saturated heterocycles. The number of benzene rings is 1. The number of halogens is 1. The molecule has 4 nitrogen and oxygen atoms in total. The van der Waals surface area contributed by atoms with Crippen LogP contribution < -0.4 is 5.32 Å². The molecule has 0 atom stereocenters. The Morgan fingerprint density at radius 3 is 2.63 bits per heavy atom. The maximum Gasteiger partial charge on any atom is 0.151 e. The average Bonchev–Trinajstić information content (AvgIpc) is 2.84. The molecule has 19 heavy (non-hydrogen) atoms. The van der Waals surface area contributed by atoms with Crippen LogP contribution in [0.5, 0.6) is 0 Å². The van der Waals surface area contributed by atoms with Crippen molar-refractivity contribution in [3.8, 4) is 5.69 Å². The first kappa shape index (κ1) is 14.2. The molecule has 0 radical (unpaired) electrons. The number of nitrogens with zero attached hydrogens (tertiary/aromatic N) is 3. The Balaban J connectivity index is 2.41. The summed E-state index contributed by atoms with van der Waals surface area (Å²) in [5.74, 6) is 1.90. The van der Waals surface area contributed by atoms with E-state index in [-0.39, 0.29) is 0 Å². The smallest absolute Gasteiger partial charge is 0.151 e. The van der Waals surface area contributed by atoms with Crippen molar-refractivity contribution >= 4 is 15.9 Å². The van der Waals surface area contributed by atoms with Crippen molar-refractivity contribution in [3.05, 3.63) is 39.9 Å². The highest BCUT2D eigenvalue weighted by Gasteiger charge is 2.10. The van der Waals surface area contributed by atoms with Gasteiger partial charge in [-0.05, 0) is 24.7 Å². The zero-order valence-electron chi connectivity index (χ0n) is 11.6. The van der Waals surface area contributed by atoms with E-state index in [2.05, 4.69) is 63.4 Å². The van der Waals surface area contributed by atoms with Crippen LogP contribution in [-0.2, 0) is 19.4 Å². The van der Waals surface area contributed by atoms with E-state index < -0.39 is 0 Å². The van der Waals surface area contributed by atoms with E-state index in [9.17, 15) is 0 Å². The van der Waals surface area contributed by atoms with E-state index in [1.807, 2.05) is 11.7 Å². The Morgan fingerprint density at radius 2 is 2.05 bits per heavy atom. The fraction of sp³-hybridized carbons (Fsp3) is 0.429. The molecule has 0 unspecified atom stereocenters. The van der Waals surface area contributed by atoms with Crippen molar-refractivity contribution in [2.45, 2.75) is 33.2 Å². The molecule has 0 aliphatic heterocycles. The third-order valence-corrected chi connectivity index (χ3v) is 3.74. The van der Waals surface area contributed by atoms with Gasteiger partial charge in [-0.1, -0.05) is 35.8 Å². The van der Waals surface area contributed by atoms with Crippen molar-refractivity contribution in [2.75, 3.05) is 7.05 Å². The van der Waals surface area contributed by atoms with E-state index in [0.29, 0.717) is 0 Å². The van der Waals surface area contributed by atoms with Gasteiger partial charge in [0.15, 0.2) is 5.82 Å². The van der Waals surface area contributed by atoms with Crippen LogP contribution in [0.2, 0.25) is 0 Å². The van der Waals surface area contributed by atoms with Gasteiger partial charge in [0.25, 0.3) is 0 Å². The van der Waals surface area contributed by atoms with Crippen LogP contribution in [0.3, 0.4) is 0 Å². The van der Waals surface area contributed by atoms with E-state index in [4.69, 9.17) is 0 Å². The minimum Gasteiger partial charge on any atom is -0.316 e. The lowest BCUT2D eigenvalue weighted by atomic mass is 10.2. The van der Waals surface area contributed by atoms with E-state index in [0.717, 1.165) is 41.2 Å². The van der Waals surface area contributed by atoms with Crippen molar-refractivity contribution in [1.82, 2.24) is 20.1 Å². The number of aryl methyl sites for hydroxylation is 2. The highest BCUT2D eigenvalue weighted by atomic mass is 79.9. The third kappa shape index (κ3) is 3.04. The molecule has 0 fully saturated rings. The molecule has 1 aromatic heterocycles. The lowest BCUT2D eigenvalue weighted by Crippen LogP contribution is -2.07. The largest absolute Gasteiger partial charge is 0.316 e. The molecule has 2 aromatic rings. The summed E-state index contributed by atoms with van der Waals surface area (Å²) in [5.41, 5.74) is 2.29. The standard InChI is InChI=1S/C14H19BrN4/c1-4-13-17-14(5-2)19(18-13)11-7-6-10(9-16-3)12(15)8-11/h6-8,16H,4-5,9H2,1-3H3. The molecule has 102 valence electrons. The van der Waals surface area contributed by atoms with Crippen molar-refractivity contribution in [2.24, 2.45) is 0 Å². The second kappa shape index (κ2) is 6.30. The first-order chi connectivity index (χ1) is 9.19. The lowest BCUT2D eigenvalue weighted by Gasteiger charge is -2.08. The number of rotatable bonds is 5. The highest BCUT2D eigenvalue weighted by Crippen LogP contribution is 2.21. The summed E-state index contributed by atoms with van der Waals surface area (Å²) in [6, 6.07) is 6.30. The van der Waals surface area contributed by atoms with Gasteiger partial charge in [-0.3, -0.25) is 0 Å². The number of hydrogen-bond donors (Lipinski definition) is 1. The van der Waals surface area contributed by atoms with Crippen LogP contribution >= 0.6 is 15.9 Å². The highest BCUT2D eigenvalue weighted by molar-refractivity contribution is 9.10. The minimum absolute atomic E-state index is 0.846. The van der Waals surface area contributed by atoms with Crippen LogP contribution in [-0.4, -0.2) is 21.8 Å². The molecule has 5 heteroatoms. The quantitative estimate of drug-likeness (QED) is 0.920. The van der Waals surface area contributed by atoms with E-state index in [1.165, 1.54) is 5.56 Å². The third-order valence-electron chi connectivity index (χ3n) is 3.00. The monoisotopic (exact) mass is 322 g/mol. The molecule has 0 amide bonds. The van der Waals surface area contributed by atoms with Gasteiger partial charge in [0.2, 0.25) is 0 Å². The van der Waals surface area contributed by atoms with Crippen molar-refractivity contribution in [1.29, 1.82) is 0 Å². The summed E-state index contributed by atoms with van der Waals surface area (Å²) in [5, 5.41) is 7.71. The van der Waals surface area contributed by atoms with Crippen LogP contribution in [0, 0.1) is 0 Å². The zero-order valence-corrected chi connectivity index (χ0v) is 13.2. The van der Waals surface area contributed by atoms with E-state index in [1.54, 1.807) is 0 Å². The van der Waals surface area contributed by atoms with Crippen LogP contribution in [0.4, 0.5) is 0 Å². The van der Waals surface area contributed by atoms with Gasteiger partial charge >= 0.3 is 0 Å². The second-order valence-electron chi connectivity index (χ2n) is 4.37. The van der Waals surface area contributed by atoms with Crippen LogP contribution in [0.25, 0.3) is 5.69 Å². The first-order valence-electron chi connectivity index (χ1n) is 6.57. The van der Waals surface area contributed by atoms with Gasteiger partial charge in [-0.2, -0.15) is 5.10 Å². The number of hydrogen-bond acceptors (Lipinski definition) is 3. The molecule has 0 spiro atoms. The Labute approximate surface area is 122 Å². The zero-order chi connectivity index (χ0) is 13.8. The molecule has 0 aliphatic rings. The summed E-state index contributed by atoms with van der Waals surface area (Å²) < 4.78 is 3.03. The predicted molar refractivity (Wildman–Crippen MR) is 80.6 cm³/mol. The van der Waals surface area contributed by atoms with Gasteiger partial charge in [0.1, 0.15) is 5.82 Å². The Hall–Kier alpha value is -1.20. The molecule has 1 aromatic carbocycles. The Kier molecular flexibility index (Phi) is 4.71. The van der Waals surface area contributed by atoms with Crippen molar-refractivity contribution in [3.63, 3.8) is 0 Å². The van der Waals surface area contributed by atoms with Gasteiger partial charge in [-0.25, -0.2) is 9.67 Å². The molecule has 1 N–H and O–H groups in total. The fourth-order valence-electron chi connectivity index (χ4n) is 1.98. The Bertz CT molecular complexity index is 563. The summed E-state index contributed by atoms with van der Waals surface area (Å²) in [4.78, 5) is 4.54. The van der Waals surface area contributed by atoms with E-state index >= 15 is 0 Å². The summed E-state index contributed by atoms with van der Waals surface area (Å²) >= 11 is 3.61. The number of nitrogens with one attached hydrogen (secondary N) is 1. The van der Waals surface area contributed by atoms with Crippen molar-refractivity contribution < 1.29 is 0 Å². The SMILES string of the molecule is CCc1nc(CC)n(-c2ccc(CNC)c(Br)c2)n1. The maximum absolute atomic E-state index is 4.56. The fourth-order valence-corrected chi connectivity index (χ4v) is 2.49. The average molecular weight is 323 g/mol. The number of aromatic nitrogens is 3. The summed E-state index contributed by atoms with van der Waals surface area (Å²) in [6.45, 7) is 5.02.